The van der Waals surface area contributed by atoms with Gasteiger partial charge in [-0.2, -0.15) is 0 Å². The van der Waals surface area contributed by atoms with E-state index in [0.717, 1.165) is 0 Å². The first-order valence-corrected chi connectivity index (χ1v) is 3.28. The molecule has 2 nitrogen and oxygen atoms in total. The first-order chi connectivity index (χ1) is 3.18. The maximum Gasteiger partial charge on any atom is 0.171 e. The lowest BCUT2D eigenvalue weighted by atomic mass is 10.3. The van der Waals surface area contributed by atoms with Crippen LogP contribution in [-0.4, -0.2) is 15.0 Å². The highest BCUT2D eigenvalue weighted by atomic mass is 127. The van der Waals surface area contributed by atoms with Crippen molar-refractivity contribution in [1.82, 2.24) is 0 Å². The second-order valence-corrected chi connectivity index (χ2v) is 2.34. The zero-order valence-corrected chi connectivity index (χ0v) is 6.18. The van der Waals surface area contributed by atoms with E-state index < -0.39 is 4.11 Å². The Labute approximate surface area is 56.1 Å². The van der Waals surface area contributed by atoms with Gasteiger partial charge in [0.25, 0.3) is 0 Å². The Morgan fingerprint density at radius 1 is 2.00 bits per heavy atom. The minimum atomic E-state index is -0.803. The van der Waals surface area contributed by atoms with Crippen molar-refractivity contribution >= 4 is 28.4 Å². The summed E-state index contributed by atoms with van der Waals surface area (Å²) in [4.78, 5) is 10.3. The van der Waals surface area contributed by atoms with Crippen molar-refractivity contribution in [3.8, 4) is 0 Å². The molecule has 1 N–H and O–H groups in total. The summed E-state index contributed by atoms with van der Waals surface area (Å²) >= 11 is 1.67. The van der Waals surface area contributed by atoms with Crippen molar-refractivity contribution in [3.63, 3.8) is 0 Å². The molecule has 0 unspecified atom stereocenters. The summed E-state index contributed by atoms with van der Waals surface area (Å²) < 4.78 is -0.803. The number of ketones is 1. The van der Waals surface area contributed by atoms with Crippen LogP contribution in [0, 0.1) is 0 Å². The largest absolute Gasteiger partial charge is 0.375 e. The van der Waals surface area contributed by atoms with E-state index in [9.17, 15) is 4.79 Å². The number of carbonyl (C=O) groups is 1. The fraction of sp³-hybridized carbons (Fsp3) is 0.750. The average molecular weight is 214 g/mol. The van der Waals surface area contributed by atoms with Crippen LogP contribution in [0.15, 0.2) is 0 Å². The molecule has 0 spiro atoms. The second kappa shape index (κ2) is 3.37. The van der Waals surface area contributed by atoms with Gasteiger partial charge in [-0.1, -0.05) is 6.92 Å². The van der Waals surface area contributed by atoms with Crippen LogP contribution < -0.4 is 0 Å². The zero-order chi connectivity index (χ0) is 5.86. The molecule has 0 saturated heterocycles. The highest BCUT2D eigenvalue weighted by molar-refractivity contribution is 14.1. The molecule has 0 bridgehead atoms. The standard InChI is InChI=1S/C4H7IO2/c1-2-3(6)4(5)7/h4,7H,2H2,1H3/t4-/m0/s1. The van der Waals surface area contributed by atoms with E-state index in [1.807, 2.05) is 0 Å². The molecule has 0 radical (unpaired) electrons. The van der Waals surface area contributed by atoms with Crippen molar-refractivity contribution in [1.29, 1.82) is 0 Å². The highest BCUT2D eigenvalue weighted by Crippen LogP contribution is 1.97. The topological polar surface area (TPSA) is 37.3 Å². The van der Waals surface area contributed by atoms with Crippen LogP contribution in [0.2, 0.25) is 0 Å². The molecular weight excluding hydrogens is 207 g/mol. The van der Waals surface area contributed by atoms with Gasteiger partial charge in [-0.25, -0.2) is 0 Å². The van der Waals surface area contributed by atoms with Gasteiger partial charge < -0.3 is 5.11 Å². The number of aliphatic hydroxyl groups excluding tert-OH is 1. The summed E-state index contributed by atoms with van der Waals surface area (Å²) in [6.45, 7) is 1.73. The summed E-state index contributed by atoms with van der Waals surface area (Å²) in [5, 5.41) is 8.46. The Hall–Kier alpha value is 0.360. The number of halogens is 1. The molecule has 0 heterocycles. The Morgan fingerprint density at radius 3 is 2.43 bits per heavy atom. The molecule has 0 saturated carbocycles. The molecule has 0 aliphatic rings. The number of rotatable bonds is 2. The molecule has 0 aliphatic carbocycles. The van der Waals surface area contributed by atoms with E-state index in [4.69, 9.17) is 5.11 Å². The smallest absolute Gasteiger partial charge is 0.171 e. The third kappa shape index (κ3) is 2.99. The van der Waals surface area contributed by atoms with Crippen molar-refractivity contribution in [2.75, 3.05) is 0 Å². The van der Waals surface area contributed by atoms with E-state index >= 15 is 0 Å². The average Bonchev–Trinajstić information content (AvgIpc) is 1.65. The fourth-order valence-electron chi connectivity index (χ4n) is 0.168. The molecule has 0 amide bonds. The number of aliphatic hydroxyl groups is 1. The third-order valence-corrected chi connectivity index (χ3v) is 1.31. The molecule has 0 aromatic rings. The normalized spacial score (nSPS) is 13.6. The quantitative estimate of drug-likeness (QED) is 0.543. The number of alkyl halides is 1. The van der Waals surface area contributed by atoms with Gasteiger partial charge in [0.2, 0.25) is 0 Å². The lowest BCUT2D eigenvalue weighted by Crippen LogP contribution is -2.09. The van der Waals surface area contributed by atoms with Gasteiger partial charge in [-0.05, 0) is 22.6 Å². The van der Waals surface area contributed by atoms with E-state index in [1.54, 1.807) is 29.5 Å². The summed E-state index contributed by atoms with van der Waals surface area (Å²) in [6, 6.07) is 0. The Bertz CT molecular complexity index is 70.1. The zero-order valence-electron chi connectivity index (χ0n) is 4.02. The highest BCUT2D eigenvalue weighted by Gasteiger charge is 2.04. The predicted molar refractivity (Wildman–Crippen MR) is 35.3 cm³/mol. The SMILES string of the molecule is CCC(=O)[C@H](O)I. The molecule has 0 aromatic heterocycles. The van der Waals surface area contributed by atoms with Gasteiger partial charge in [-0.15, -0.1) is 0 Å². The Morgan fingerprint density at radius 2 is 2.43 bits per heavy atom. The molecule has 7 heavy (non-hydrogen) atoms. The molecule has 3 heteroatoms. The number of Topliss-reactive ketones (excluding diaryl/α,β-unsaturated/α-hetero) is 1. The fourth-order valence-corrected chi connectivity index (χ4v) is 0.609. The first kappa shape index (κ1) is 7.36. The molecular formula is C4H7IO2. The maximum atomic E-state index is 10.3. The van der Waals surface area contributed by atoms with Crippen LogP contribution in [0.25, 0.3) is 0 Å². The van der Waals surface area contributed by atoms with Crippen molar-refractivity contribution in [2.24, 2.45) is 0 Å². The van der Waals surface area contributed by atoms with Crippen molar-refractivity contribution in [2.45, 2.75) is 17.5 Å². The van der Waals surface area contributed by atoms with Gasteiger partial charge in [0.05, 0.1) is 0 Å². The first-order valence-electron chi connectivity index (χ1n) is 2.03. The van der Waals surface area contributed by atoms with E-state index in [1.165, 1.54) is 0 Å². The lowest BCUT2D eigenvalue weighted by Gasteiger charge is -1.93. The molecule has 0 fully saturated rings. The number of hydrogen-bond donors (Lipinski definition) is 1. The van der Waals surface area contributed by atoms with E-state index in [2.05, 4.69) is 0 Å². The molecule has 0 aliphatic heterocycles. The summed E-state index contributed by atoms with van der Waals surface area (Å²) in [6.07, 6.45) is 0.421. The third-order valence-electron chi connectivity index (χ3n) is 0.614. The van der Waals surface area contributed by atoms with E-state index in [0.29, 0.717) is 6.42 Å². The van der Waals surface area contributed by atoms with Gasteiger partial charge in [-0.3, -0.25) is 4.79 Å². The monoisotopic (exact) mass is 214 g/mol. The van der Waals surface area contributed by atoms with Crippen molar-refractivity contribution in [3.05, 3.63) is 0 Å². The van der Waals surface area contributed by atoms with Crippen LogP contribution in [0.3, 0.4) is 0 Å². The van der Waals surface area contributed by atoms with Gasteiger partial charge >= 0.3 is 0 Å². The van der Waals surface area contributed by atoms with Gasteiger partial charge in [0, 0.05) is 6.42 Å². The van der Waals surface area contributed by atoms with Gasteiger partial charge in [0.15, 0.2) is 9.89 Å². The Balaban J connectivity index is 3.35. The minimum Gasteiger partial charge on any atom is -0.375 e. The minimum absolute atomic E-state index is 0.111. The van der Waals surface area contributed by atoms with E-state index in [-0.39, 0.29) is 5.78 Å². The predicted octanol–water partition coefficient (Wildman–Crippen LogP) is 0.719. The number of carbonyl (C=O) groups excluding carboxylic acids is 1. The van der Waals surface area contributed by atoms with Crippen LogP contribution >= 0.6 is 22.6 Å². The second-order valence-electron chi connectivity index (χ2n) is 1.16. The summed E-state index contributed by atoms with van der Waals surface area (Å²) in [5.41, 5.74) is 0. The Kier molecular flexibility index (Phi) is 3.55. The lowest BCUT2D eigenvalue weighted by molar-refractivity contribution is -0.122. The van der Waals surface area contributed by atoms with Crippen LogP contribution in [0.1, 0.15) is 13.3 Å². The van der Waals surface area contributed by atoms with Crippen LogP contribution in [-0.2, 0) is 4.79 Å². The van der Waals surface area contributed by atoms with Crippen LogP contribution in [0.4, 0.5) is 0 Å². The molecule has 0 aromatic carbocycles. The summed E-state index contributed by atoms with van der Waals surface area (Å²) in [5.74, 6) is -0.111. The maximum absolute atomic E-state index is 10.3. The number of hydrogen-bond acceptors (Lipinski definition) is 2. The van der Waals surface area contributed by atoms with Crippen LogP contribution in [0.5, 0.6) is 0 Å². The molecule has 1 atom stereocenters. The van der Waals surface area contributed by atoms with Crippen molar-refractivity contribution < 1.29 is 9.90 Å². The molecule has 0 rings (SSSR count). The molecule has 42 valence electrons. The van der Waals surface area contributed by atoms with Gasteiger partial charge in [0.1, 0.15) is 0 Å². The summed E-state index contributed by atoms with van der Waals surface area (Å²) in [7, 11) is 0.